The van der Waals surface area contributed by atoms with Gasteiger partial charge in [0.1, 0.15) is 0 Å². The lowest BCUT2D eigenvalue weighted by Gasteiger charge is -2.41. The zero-order chi connectivity index (χ0) is 13.2. The Bertz CT molecular complexity index is 497. The molecule has 2 rings (SSSR count). The summed E-state index contributed by atoms with van der Waals surface area (Å²) in [6.45, 7) is 1.75. The molecule has 0 radical (unpaired) electrons. The van der Waals surface area contributed by atoms with Gasteiger partial charge in [0.05, 0.1) is 17.2 Å². The van der Waals surface area contributed by atoms with E-state index in [0.717, 1.165) is 0 Å². The Morgan fingerprint density at radius 2 is 2.28 bits per heavy atom. The number of amides is 2. The summed E-state index contributed by atoms with van der Waals surface area (Å²) < 4.78 is 0. The van der Waals surface area contributed by atoms with E-state index in [4.69, 9.17) is 5.26 Å². The lowest BCUT2D eigenvalue weighted by atomic mass is 9.77. The highest BCUT2D eigenvalue weighted by Crippen LogP contribution is 2.31. The quantitative estimate of drug-likeness (QED) is 0.739. The van der Waals surface area contributed by atoms with E-state index >= 15 is 0 Å². The molecule has 94 valence electrons. The fourth-order valence-corrected chi connectivity index (χ4v) is 2.12. The highest BCUT2D eigenvalue weighted by atomic mass is 16.3. The first-order chi connectivity index (χ1) is 8.48. The van der Waals surface area contributed by atoms with E-state index < -0.39 is 5.60 Å². The molecule has 0 aliphatic heterocycles. The average molecular weight is 245 g/mol. The number of nitriles is 1. The molecule has 18 heavy (non-hydrogen) atoms. The monoisotopic (exact) mass is 245 g/mol. The predicted octanol–water partition coefficient (Wildman–Crippen LogP) is 1.59. The molecule has 0 aromatic heterocycles. The van der Waals surface area contributed by atoms with Crippen LogP contribution in [0.2, 0.25) is 0 Å². The number of urea groups is 1. The van der Waals surface area contributed by atoms with Gasteiger partial charge in [0, 0.05) is 11.7 Å². The fraction of sp³-hybridized carbons (Fsp3) is 0.385. The highest BCUT2D eigenvalue weighted by Gasteiger charge is 2.39. The molecule has 5 heteroatoms. The van der Waals surface area contributed by atoms with Crippen molar-refractivity contribution in [2.75, 3.05) is 5.32 Å². The SMILES string of the molecule is CC1(O)CC(NC(=O)Nc2cccc(C#N)c2)C1. The van der Waals surface area contributed by atoms with Gasteiger partial charge >= 0.3 is 6.03 Å². The minimum absolute atomic E-state index is 0.0131. The molecular weight excluding hydrogens is 230 g/mol. The molecule has 1 fully saturated rings. The van der Waals surface area contributed by atoms with E-state index in [1.165, 1.54) is 0 Å². The number of hydrogen-bond acceptors (Lipinski definition) is 3. The van der Waals surface area contributed by atoms with Crippen LogP contribution in [0.25, 0.3) is 0 Å². The van der Waals surface area contributed by atoms with Gasteiger partial charge in [-0.3, -0.25) is 0 Å². The first kappa shape index (κ1) is 12.4. The number of carbonyl (C=O) groups is 1. The van der Waals surface area contributed by atoms with Crippen LogP contribution in [0.1, 0.15) is 25.3 Å². The minimum atomic E-state index is -0.654. The van der Waals surface area contributed by atoms with Crippen LogP contribution >= 0.6 is 0 Å². The molecule has 0 heterocycles. The summed E-state index contributed by atoms with van der Waals surface area (Å²) in [4.78, 5) is 11.6. The van der Waals surface area contributed by atoms with Crippen molar-refractivity contribution in [3.8, 4) is 6.07 Å². The molecule has 2 amide bonds. The third-order valence-electron chi connectivity index (χ3n) is 2.96. The van der Waals surface area contributed by atoms with E-state index in [1.807, 2.05) is 6.07 Å². The maximum atomic E-state index is 11.6. The highest BCUT2D eigenvalue weighted by molar-refractivity contribution is 5.89. The van der Waals surface area contributed by atoms with Gasteiger partial charge in [0.15, 0.2) is 0 Å². The van der Waals surface area contributed by atoms with Crippen LogP contribution in [0, 0.1) is 11.3 Å². The van der Waals surface area contributed by atoms with Crippen LogP contribution in [0.3, 0.4) is 0 Å². The number of anilines is 1. The first-order valence-corrected chi connectivity index (χ1v) is 5.78. The minimum Gasteiger partial charge on any atom is -0.390 e. The second-order valence-electron chi connectivity index (χ2n) is 4.89. The van der Waals surface area contributed by atoms with Gasteiger partial charge in [-0.1, -0.05) is 6.07 Å². The maximum Gasteiger partial charge on any atom is 0.319 e. The Morgan fingerprint density at radius 1 is 1.56 bits per heavy atom. The lowest BCUT2D eigenvalue weighted by Crippen LogP contribution is -2.54. The lowest BCUT2D eigenvalue weighted by molar-refractivity contribution is -0.0351. The summed E-state index contributed by atoms with van der Waals surface area (Å²) in [6, 6.07) is 8.42. The van der Waals surface area contributed by atoms with Crippen molar-refractivity contribution in [3.05, 3.63) is 29.8 Å². The molecule has 1 aromatic carbocycles. The van der Waals surface area contributed by atoms with Gasteiger partial charge < -0.3 is 15.7 Å². The van der Waals surface area contributed by atoms with E-state index in [9.17, 15) is 9.90 Å². The Kier molecular flexibility index (Phi) is 3.21. The summed E-state index contributed by atoms with van der Waals surface area (Å²) in [5.74, 6) is 0. The van der Waals surface area contributed by atoms with Gasteiger partial charge in [0.25, 0.3) is 0 Å². The Hall–Kier alpha value is -2.06. The van der Waals surface area contributed by atoms with E-state index in [0.29, 0.717) is 24.1 Å². The van der Waals surface area contributed by atoms with Gasteiger partial charge in [-0.15, -0.1) is 0 Å². The molecule has 3 N–H and O–H groups in total. The number of rotatable bonds is 2. The molecule has 0 saturated heterocycles. The third-order valence-corrected chi connectivity index (χ3v) is 2.96. The standard InChI is InChI=1S/C13H15N3O2/c1-13(18)6-11(7-13)16-12(17)15-10-4-2-3-9(5-10)8-14/h2-5,11,18H,6-7H2,1H3,(H2,15,16,17). The van der Waals surface area contributed by atoms with Crippen LogP contribution < -0.4 is 10.6 Å². The van der Waals surface area contributed by atoms with Crippen LogP contribution in [-0.2, 0) is 0 Å². The number of carbonyl (C=O) groups excluding carboxylic acids is 1. The summed E-state index contributed by atoms with van der Waals surface area (Å²) in [5.41, 5.74) is 0.426. The fourth-order valence-electron chi connectivity index (χ4n) is 2.12. The van der Waals surface area contributed by atoms with E-state index in [2.05, 4.69) is 10.6 Å². The molecule has 1 aromatic rings. The molecule has 1 aliphatic rings. The average Bonchev–Trinajstić information content (AvgIpc) is 2.26. The van der Waals surface area contributed by atoms with Crippen LogP contribution in [0.15, 0.2) is 24.3 Å². The Morgan fingerprint density at radius 3 is 2.89 bits per heavy atom. The zero-order valence-corrected chi connectivity index (χ0v) is 10.1. The molecule has 0 bridgehead atoms. The van der Waals surface area contributed by atoms with E-state index in [1.54, 1.807) is 31.2 Å². The summed E-state index contributed by atoms with van der Waals surface area (Å²) >= 11 is 0. The van der Waals surface area contributed by atoms with Crippen molar-refractivity contribution in [3.63, 3.8) is 0 Å². The largest absolute Gasteiger partial charge is 0.390 e. The molecule has 5 nitrogen and oxygen atoms in total. The molecule has 1 saturated carbocycles. The number of nitrogens with zero attached hydrogens (tertiary/aromatic N) is 1. The van der Waals surface area contributed by atoms with Gasteiger partial charge in [0.2, 0.25) is 0 Å². The van der Waals surface area contributed by atoms with Crippen molar-refractivity contribution in [1.82, 2.24) is 5.32 Å². The molecule has 0 unspecified atom stereocenters. The molecule has 0 atom stereocenters. The van der Waals surface area contributed by atoms with Crippen LogP contribution in [0.4, 0.5) is 10.5 Å². The molecular formula is C13H15N3O2. The third kappa shape index (κ3) is 2.99. The molecule has 0 spiro atoms. The Balaban J connectivity index is 1.86. The number of nitrogens with one attached hydrogen (secondary N) is 2. The number of aliphatic hydroxyl groups is 1. The van der Waals surface area contributed by atoms with Crippen molar-refractivity contribution in [2.24, 2.45) is 0 Å². The van der Waals surface area contributed by atoms with E-state index in [-0.39, 0.29) is 12.1 Å². The second-order valence-corrected chi connectivity index (χ2v) is 4.89. The zero-order valence-electron chi connectivity index (χ0n) is 10.1. The Labute approximate surface area is 105 Å². The van der Waals surface area contributed by atoms with Crippen molar-refractivity contribution >= 4 is 11.7 Å². The first-order valence-electron chi connectivity index (χ1n) is 5.78. The second kappa shape index (κ2) is 4.67. The topological polar surface area (TPSA) is 85.2 Å². The smallest absolute Gasteiger partial charge is 0.319 e. The van der Waals surface area contributed by atoms with Gasteiger partial charge in [-0.25, -0.2) is 4.79 Å². The predicted molar refractivity (Wildman–Crippen MR) is 67.0 cm³/mol. The van der Waals surface area contributed by atoms with Crippen LogP contribution in [0.5, 0.6) is 0 Å². The number of hydrogen-bond donors (Lipinski definition) is 3. The maximum absolute atomic E-state index is 11.6. The summed E-state index contributed by atoms with van der Waals surface area (Å²) in [7, 11) is 0. The van der Waals surface area contributed by atoms with Crippen LogP contribution in [-0.4, -0.2) is 22.8 Å². The van der Waals surface area contributed by atoms with Gasteiger partial charge in [-0.2, -0.15) is 5.26 Å². The van der Waals surface area contributed by atoms with Crippen molar-refractivity contribution in [1.29, 1.82) is 5.26 Å². The number of benzene rings is 1. The van der Waals surface area contributed by atoms with Crippen molar-refractivity contribution < 1.29 is 9.90 Å². The van der Waals surface area contributed by atoms with Gasteiger partial charge in [-0.05, 0) is 38.0 Å². The van der Waals surface area contributed by atoms with Crippen molar-refractivity contribution in [2.45, 2.75) is 31.4 Å². The normalized spacial score (nSPS) is 25.7. The summed E-state index contributed by atoms with van der Waals surface area (Å²) in [6.07, 6.45) is 1.14. The molecule has 1 aliphatic carbocycles. The summed E-state index contributed by atoms with van der Waals surface area (Å²) in [5, 5.41) is 23.7.